The molecule has 3 fully saturated rings. The second kappa shape index (κ2) is 6.81. The van der Waals surface area contributed by atoms with Crippen LogP contribution in [0.3, 0.4) is 0 Å². The van der Waals surface area contributed by atoms with E-state index in [1.165, 1.54) is 5.57 Å². The second-order valence-electron chi connectivity index (χ2n) is 9.83. The Hall–Kier alpha value is -1.00. The van der Waals surface area contributed by atoms with Gasteiger partial charge in [-0.15, -0.1) is 0 Å². The van der Waals surface area contributed by atoms with Crippen molar-refractivity contribution in [1.82, 2.24) is 0 Å². The Morgan fingerprint density at radius 1 is 1.15 bits per heavy atom. The summed E-state index contributed by atoms with van der Waals surface area (Å²) in [6.07, 6.45) is 8.23. The summed E-state index contributed by atoms with van der Waals surface area (Å²) < 4.78 is 5.76. The molecular weight excluding hydrogens is 340 g/mol. The molecule has 7 atom stereocenters. The Morgan fingerprint density at radius 3 is 2.56 bits per heavy atom. The summed E-state index contributed by atoms with van der Waals surface area (Å²) in [6, 6.07) is 0. The Morgan fingerprint density at radius 2 is 1.85 bits per heavy atom. The first-order chi connectivity index (χ1) is 12.8. The highest BCUT2D eigenvalue weighted by atomic mass is 16.5. The molecule has 1 N–H and O–H groups in total. The van der Waals surface area contributed by atoms with E-state index in [0.717, 1.165) is 38.5 Å². The number of hydrogen-bond acceptors (Lipinski definition) is 4. The van der Waals surface area contributed by atoms with Crippen molar-refractivity contribution in [3.05, 3.63) is 11.6 Å². The molecule has 0 saturated heterocycles. The monoisotopic (exact) mass is 374 g/mol. The van der Waals surface area contributed by atoms with Crippen LogP contribution in [0, 0.1) is 34.5 Å². The van der Waals surface area contributed by atoms with Crippen LogP contribution in [0.2, 0.25) is 0 Å². The van der Waals surface area contributed by atoms with Gasteiger partial charge in [0, 0.05) is 24.4 Å². The van der Waals surface area contributed by atoms with Crippen molar-refractivity contribution in [2.75, 3.05) is 13.2 Å². The first-order valence-corrected chi connectivity index (χ1v) is 10.9. The summed E-state index contributed by atoms with van der Waals surface area (Å²) in [5, 5.41) is 9.72. The normalized spacial score (nSPS) is 45.0. The molecule has 4 nitrogen and oxygen atoms in total. The average molecular weight is 375 g/mol. The second-order valence-corrected chi connectivity index (χ2v) is 9.83. The maximum absolute atomic E-state index is 13.2. The molecule has 4 aliphatic carbocycles. The first kappa shape index (κ1) is 19.3. The van der Waals surface area contributed by atoms with Crippen LogP contribution >= 0.6 is 0 Å². The van der Waals surface area contributed by atoms with Crippen molar-refractivity contribution in [3.8, 4) is 0 Å². The number of aliphatic hydroxyl groups is 1. The van der Waals surface area contributed by atoms with Crippen LogP contribution in [0.15, 0.2) is 11.6 Å². The maximum atomic E-state index is 13.2. The third-order valence-corrected chi connectivity index (χ3v) is 8.78. The zero-order chi connectivity index (χ0) is 19.4. The number of ether oxygens (including phenoxy) is 1. The number of carbonyl (C=O) groups is 2. The summed E-state index contributed by atoms with van der Waals surface area (Å²) in [4.78, 5) is 25.7. The predicted molar refractivity (Wildman–Crippen MR) is 103 cm³/mol. The van der Waals surface area contributed by atoms with Crippen molar-refractivity contribution in [3.63, 3.8) is 0 Å². The van der Waals surface area contributed by atoms with Crippen molar-refractivity contribution in [1.29, 1.82) is 0 Å². The topological polar surface area (TPSA) is 63.6 Å². The number of ketones is 2. The summed E-state index contributed by atoms with van der Waals surface area (Å²) >= 11 is 0. The van der Waals surface area contributed by atoms with E-state index in [4.69, 9.17) is 4.74 Å². The third kappa shape index (κ3) is 2.78. The van der Waals surface area contributed by atoms with E-state index in [1.807, 2.05) is 13.0 Å². The molecule has 4 rings (SSSR count). The average Bonchev–Trinajstić information content (AvgIpc) is 2.95. The van der Waals surface area contributed by atoms with E-state index >= 15 is 0 Å². The van der Waals surface area contributed by atoms with E-state index < -0.39 is 0 Å². The molecule has 0 aliphatic heterocycles. The number of allylic oxidation sites excluding steroid dienone is 2. The number of rotatable bonds is 4. The molecule has 4 aliphatic rings. The minimum atomic E-state index is -0.271. The largest absolute Gasteiger partial charge is 0.394 e. The van der Waals surface area contributed by atoms with E-state index in [0.29, 0.717) is 30.6 Å². The highest BCUT2D eigenvalue weighted by Gasteiger charge is 2.61. The summed E-state index contributed by atoms with van der Waals surface area (Å²) in [6.45, 7) is 7.09. The Bertz CT molecular complexity index is 667. The van der Waals surface area contributed by atoms with Gasteiger partial charge in [0.25, 0.3) is 0 Å². The van der Waals surface area contributed by atoms with Crippen molar-refractivity contribution in [2.45, 2.75) is 71.8 Å². The fourth-order valence-electron chi connectivity index (χ4n) is 7.07. The summed E-state index contributed by atoms with van der Waals surface area (Å²) in [5.41, 5.74) is 1.07. The zero-order valence-corrected chi connectivity index (χ0v) is 17.0. The van der Waals surface area contributed by atoms with Crippen LogP contribution in [0.25, 0.3) is 0 Å². The lowest BCUT2D eigenvalue weighted by Crippen LogP contribution is -2.53. The summed E-state index contributed by atoms with van der Waals surface area (Å²) in [7, 11) is 0. The van der Waals surface area contributed by atoms with Crippen LogP contribution < -0.4 is 0 Å². The molecule has 0 aromatic rings. The molecule has 0 bridgehead atoms. The molecule has 0 aromatic heterocycles. The van der Waals surface area contributed by atoms with Crippen LogP contribution in [0.1, 0.15) is 65.7 Å². The third-order valence-electron chi connectivity index (χ3n) is 8.78. The van der Waals surface area contributed by atoms with Crippen molar-refractivity contribution >= 4 is 11.6 Å². The maximum Gasteiger partial charge on any atom is 0.159 e. The lowest BCUT2D eigenvalue weighted by molar-refractivity contribution is -0.140. The standard InChI is InChI=1S/C23H34O4/c1-4-27-19(13-24)14-7-9-22(2)15(11-14)12-18(25)21-16-5-6-20(26)23(16,3)10-8-17(21)22/h12,14,16-17,19,21,24H,4-11,13H2,1-3H3/t14-,16?,17?,19?,21?,22-,23-/m0/s1. The molecule has 0 amide bonds. The Kier molecular flexibility index (Phi) is 4.87. The number of aliphatic hydroxyl groups excluding tert-OH is 1. The minimum Gasteiger partial charge on any atom is -0.394 e. The lowest BCUT2D eigenvalue weighted by atomic mass is 9.47. The number of carbonyl (C=O) groups excluding carboxylic acids is 2. The molecule has 150 valence electrons. The van der Waals surface area contributed by atoms with Crippen LogP contribution in [-0.2, 0) is 14.3 Å². The predicted octanol–water partition coefficient (Wildman–Crippen LogP) is 3.71. The van der Waals surface area contributed by atoms with Crippen molar-refractivity contribution in [2.24, 2.45) is 34.5 Å². The van der Waals surface area contributed by atoms with Gasteiger partial charge in [0.05, 0.1) is 12.7 Å². The molecule has 0 radical (unpaired) electrons. The van der Waals surface area contributed by atoms with Crippen LogP contribution in [0.4, 0.5) is 0 Å². The molecule has 3 saturated carbocycles. The molecule has 0 spiro atoms. The first-order valence-electron chi connectivity index (χ1n) is 10.9. The Balaban J connectivity index is 1.63. The van der Waals surface area contributed by atoms with Gasteiger partial charge in [-0.3, -0.25) is 9.59 Å². The highest BCUT2D eigenvalue weighted by molar-refractivity contribution is 5.96. The van der Waals surface area contributed by atoms with Gasteiger partial charge < -0.3 is 9.84 Å². The molecule has 4 unspecified atom stereocenters. The van der Waals surface area contributed by atoms with Gasteiger partial charge in [-0.2, -0.15) is 0 Å². The van der Waals surface area contributed by atoms with Gasteiger partial charge in [-0.25, -0.2) is 0 Å². The minimum absolute atomic E-state index is 0.0287. The number of fused-ring (bicyclic) bond motifs is 5. The van der Waals surface area contributed by atoms with E-state index in [9.17, 15) is 14.7 Å². The molecule has 27 heavy (non-hydrogen) atoms. The fraction of sp³-hybridized carbons (Fsp3) is 0.826. The van der Waals surface area contributed by atoms with E-state index in [1.54, 1.807) is 0 Å². The van der Waals surface area contributed by atoms with E-state index in [2.05, 4.69) is 13.8 Å². The molecule has 0 heterocycles. The number of hydrogen-bond donors (Lipinski definition) is 1. The smallest absolute Gasteiger partial charge is 0.159 e. The Labute approximate surface area is 162 Å². The van der Waals surface area contributed by atoms with Gasteiger partial charge in [0.2, 0.25) is 0 Å². The summed E-state index contributed by atoms with van der Waals surface area (Å²) in [5.74, 6) is 1.56. The van der Waals surface area contributed by atoms with Crippen LogP contribution in [0.5, 0.6) is 0 Å². The SMILES string of the molecule is CCOC(CO)[C@H]1CC[C@@]2(C)C(=CC(=O)C3C2CC[C@]2(C)C(=O)CCC32)C1. The molecule has 4 heteroatoms. The van der Waals surface area contributed by atoms with Gasteiger partial charge in [0.15, 0.2) is 5.78 Å². The number of Topliss-reactive ketones (excluding diaryl/α,β-unsaturated/α-hetero) is 1. The van der Waals surface area contributed by atoms with Gasteiger partial charge in [0.1, 0.15) is 5.78 Å². The quantitative estimate of drug-likeness (QED) is 0.815. The highest BCUT2D eigenvalue weighted by Crippen LogP contribution is 2.63. The zero-order valence-electron chi connectivity index (χ0n) is 17.0. The van der Waals surface area contributed by atoms with Gasteiger partial charge >= 0.3 is 0 Å². The van der Waals surface area contributed by atoms with Crippen LogP contribution in [-0.4, -0.2) is 36.0 Å². The van der Waals surface area contributed by atoms with Crippen molar-refractivity contribution < 1.29 is 19.4 Å². The van der Waals surface area contributed by atoms with Gasteiger partial charge in [-0.1, -0.05) is 19.4 Å². The lowest BCUT2D eigenvalue weighted by Gasteiger charge is -2.56. The van der Waals surface area contributed by atoms with E-state index in [-0.39, 0.29) is 41.2 Å². The molecular formula is C23H34O4. The van der Waals surface area contributed by atoms with Gasteiger partial charge in [-0.05, 0) is 74.7 Å². The fourth-order valence-corrected chi connectivity index (χ4v) is 7.07. The molecule has 0 aromatic carbocycles.